The van der Waals surface area contributed by atoms with Gasteiger partial charge < -0.3 is 25.4 Å². The molecular weight excluding hydrogens is 238 g/mol. The summed E-state index contributed by atoms with van der Waals surface area (Å²) < 4.78 is 10.9. The number of carboxylic acids is 1. The van der Waals surface area contributed by atoms with E-state index in [1.807, 2.05) is 0 Å². The number of hydrogen-bond donors (Lipinski definition) is 3. The van der Waals surface area contributed by atoms with Crippen LogP contribution in [0.15, 0.2) is 18.2 Å². The second-order valence-electron chi connectivity index (χ2n) is 4.07. The van der Waals surface area contributed by atoms with Crippen molar-refractivity contribution >= 4 is 5.97 Å². The van der Waals surface area contributed by atoms with Crippen LogP contribution < -0.4 is 15.2 Å². The van der Waals surface area contributed by atoms with Crippen LogP contribution in [-0.2, 0) is 4.79 Å². The molecule has 2 unspecified atom stereocenters. The van der Waals surface area contributed by atoms with Gasteiger partial charge in [0.1, 0.15) is 12.1 Å². The molecular formula is C12H15NO5. The van der Waals surface area contributed by atoms with Crippen LogP contribution in [0.1, 0.15) is 18.1 Å². The van der Waals surface area contributed by atoms with Gasteiger partial charge >= 0.3 is 5.97 Å². The van der Waals surface area contributed by atoms with Crippen LogP contribution in [0.2, 0.25) is 0 Å². The Balaban J connectivity index is 2.25. The molecule has 0 fully saturated rings. The minimum Gasteiger partial charge on any atom is -0.490 e. The van der Waals surface area contributed by atoms with E-state index in [0.29, 0.717) is 30.3 Å². The summed E-state index contributed by atoms with van der Waals surface area (Å²) in [6, 6.07) is 3.43. The highest BCUT2D eigenvalue weighted by Gasteiger charge is 2.24. The molecule has 0 amide bonds. The van der Waals surface area contributed by atoms with Crippen LogP contribution in [0.3, 0.4) is 0 Å². The van der Waals surface area contributed by atoms with Gasteiger partial charge in [0.05, 0.1) is 13.2 Å². The molecule has 18 heavy (non-hydrogen) atoms. The van der Waals surface area contributed by atoms with E-state index in [4.69, 9.17) is 20.3 Å². The number of ether oxygens (including phenoxy) is 2. The van der Waals surface area contributed by atoms with Crippen molar-refractivity contribution in [3.05, 3.63) is 23.8 Å². The molecule has 6 heteroatoms. The number of aliphatic hydroxyl groups excluding tert-OH is 1. The first kappa shape index (κ1) is 12.7. The molecule has 0 saturated heterocycles. The lowest BCUT2D eigenvalue weighted by atomic mass is 10.0. The van der Waals surface area contributed by atoms with Gasteiger partial charge in [0.15, 0.2) is 11.5 Å². The van der Waals surface area contributed by atoms with Gasteiger partial charge in [0, 0.05) is 6.42 Å². The molecule has 0 radical (unpaired) electrons. The lowest BCUT2D eigenvalue weighted by Crippen LogP contribution is -2.36. The first-order valence-electron chi connectivity index (χ1n) is 5.65. The van der Waals surface area contributed by atoms with Gasteiger partial charge in [-0.15, -0.1) is 0 Å². The molecule has 0 aromatic heterocycles. The van der Waals surface area contributed by atoms with Crippen LogP contribution >= 0.6 is 0 Å². The smallest absolute Gasteiger partial charge is 0.323 e. The molecule has 0 spiro atoms. The maximum absolute atomic E-state index is 10.7. The fourth-order valence-electron chi connectivity index (χ4n) is 1.71. The maximum Gasteiger partial charge on any atom is 0.323 e. The van der Waals surface area contributed by atoms with Crippen molar-refractivity contribution in [2.45, 2.75) is 18.6 Å². The van der Waals surface area contributed by atoms with Gasteiger partial charge in [0.25, 0.3) is 0 Å². The SMILES string of the molecule is NC(C(=O)O)C(O)c1ccc2c(c1)OCCCO2. The molecule has 1 aromatic carbocycles. The van der Waals surface area contributed by atoms with Gasteiger partial charge in [-0.3, -0.25) is 4.79 Å². The Morgan fingerprint density at radius 3 is 2.61 bits per heavy atom. The van der Waals surface area contributed by atoms with E-state index in [2.05, 4.69) is 0 Å². The molecule has 0 bridgehead atoms. The minimum atomic E-state index is -1.37. The molecule has 4 N–H and O–H groups in total. The molecule has 1 aromatic rings. The van der Waals surface area contributed by atoms with Crippen molar-refractivity contribution in [3.8, 4) is 11.5 Å². The molecule has 2 rings (SSSR count). The largest absolute Gasteiger partial charge is 0.490 e. The second kappa shape index (κ2) is 5.24. The van der Waals surface area contributed by atoms with E-state index in [1.165, 1.54) is 0 Å². The van der Waals surface area contributed by atoms with E-state index < -0.39 is 18.1 Å². The number of fused-ring (bicyclic) bond motifs is 1. The van der Waals surface area contributed by atoms with Crippen molar-refractivity contribution in [2.24, 2.45) is 5.73 Å². The van der Waals surface area contributed by atoms with Gasteiger partial charge in [-0.1, -0.05) is 6.07 Å². The highest BCUT2D eigenvalue weighted by atomic mass is 16.5. The van der Waals surface area contributed by atoms with Gasteiger partial charge in [0.2, 0.25) is 0 Å². The number of carbonyl (C=O) groups is 1. The van der Waals surface area contributed by atoms with Crippen molar-refractivity contribution in [1.82, 2.24) is 0 Å². The monoisotopic (exact) mass is 253 g/mol. The third-order valence-electron chi connectivity index (χ3n) is 2.74. The molecule has 0 aliphatic carbocycles. The van der Waals surface area contributed by atoms with Crippen molar-refractivity contribution < 1.29 is 24.5 Å². The number of nitrogens with two attached hydrogens (primary N) is 1. The topological polar surface area (TPSA) is 102 Å². The summed E-state index contributed by atoms with van der Waals surface area (Å²) in [5, 5.41) is 18.6. The number of aliphatic carboxylic acids is 1. The van der Waals surface area contributed by atoms with Crippen molar-refractivity contribution in [2.75, 3.05) is 13.2 Å². The molecule has 1 aliphatic rings. The Morgan fingerprint density at radius 2 is 1.94 bits per heavy atom. The first-order valence-corrected chi connectivity index (χ1v) is 5.65. The highest BCUT2D eigenvalue weighted by molar-refractivity contribution is 5.74. The molecule has 98 valence electrons. The molecule has 1 aliphatic heterocycles. The van der Waals surface area contributed by atoms with Crippen LogP contribution in [-0.4, -0.2) is 35.4 Å². The molecule has 6 nitrogen and oxygen atoms in total. The number of benzene rings is 1. The van der Waals surface area contributed by atoms with Crippen LogP contribution in [0.4, 0.5) is 0 Å². The summed E-state index contributed by atoms with van der Waals surface area (Å²) in [5.74, 6) is -0.163. The Labute approximate surface area is 104 Å². The van der Waals surface area contributed by atoms with Crippen molar-refractivity contribution in [1.29, 1.82) is 0 Å². The molecule has 2 atom stereocenters. The zero-order chi connectivity index (χ0) is 13.1. The van der Waals surface area contributed by atoms with Gasteiger partial charge in [-0.25, -0.2) is 0 Å². The lowest BCUT2D eigenvalue weighted by Gasteiger charge is -2.17. The summed E-state index contributed by atoms with van der Waals surface area (Å²) in [6.45, 7) is 1.10. The van der Waals surface area contributed by atoms with E-state index in [-0.39, 0.29) is 0 Å². The number of carboxylic acid groups (broad SMARTS) is 1. The summed E-state index contributed by atoms with van der Waals surface area (Å²) in [6.07, 6.45) is -0.499. The molecule has 0 saturated carbocycles. The van der Waals surface area contributed by atoms with Crippen molar-refractivity contribution in [3.63, 3.8) is 0 Å². The summed E-state index contributed by atoms with van der Waals surface area (Å²) >= 11 is 0. The van der Waals surface area contributed by atoms with E-state index in [9.17, 15) is 9.90 Å². The standard InChI is InChI=1S/C12H15NO5/c13-10(12(15)16)11(14)7-2-3-8-9(6-7)18-5-1-4-17-8/h2-3,6,10-11,14H,1,4-5,13H2,(H,15,16). The third kappa shape index (κ3) is 2.55. The summed E-state index contributed by atoms with van der Waals surface area (Å²) in [4.78, 5) is 10.7. The van der Waals surface area contributed by atoms with E-state index >= 15 is 0 Å². The number of hydrogen-bond acceptors (Lipinski definition) is 5. The zero-order valence-corrected chi connectivity index (χ0v) is 9.70. The predicted octanol–water partition coefficient (Wildman–Crippen LogP) is 0.293. The quantitative estimate of drug-likeness (QED) is 0.715. The van der Waals surface area contributed by atoms with Crippen LogP contribution in [0, 0.1) is 0 Å². The van der Waals surface area contributed by atoms with Crippen LogP contribution in [0.5, 0.6) is 11.5 Å². The average molecular weight is 253 g/mol. The van der Waals surface area contributed by atoms with Crippen LogP contribution in [0.25, 0.3) is 0 Å². The highest BCUT2D eigenvalue weighted by Crippen LogP contribution is 2.32. The average Bonchev–Trinajstić information content (AvgIpc) is 2.60. The fourth-order valence-corrected chi connectivity index (χ4v) is 1.71. The fraction of sp³-hybridized carbons (Fsp3) is 0.417. The van der Waals surface area contributed by atoms with Gasteiger partial charge in [-0.05, 0) is 17.7 Å². The van der Waals surface area contributed by atoms with E-state index in [0.717, 1.165) is 6.42 Å². The predicted molar refractivity (Wildman–Crippen MR) is 62.6 cm³/mol. The summed E-state index contributed by atoms with van der Waals surface area (Å²) in [7, 11) is 0. The Kier molecular flexibility index (Phi) is 3.69. The van der Waals surface area contributed by atoms with Gasteiger partial charge in [-0.2, -0.15) is 0 Å². The molecule has 1 heterocycles. The Hall–Kier alpha value is -1.79. The normalized spacial score (nSPS) is 17.7. The zero-order valence-electron chi connectivity index (χ0n) is 9.70. The third-order valence-corrected chi connectivity index (χ3v) is 2.74. The summed E-state index contributed by atoms with van der Waals surface area (Å²) in [5.41, 5.74) is 5.77. The Bertz CT molecular complexity index is 448. The van der Waals surface area contributed by atoms with E-state index in [1.54, 1.807) is 18.2 Å². The number of aliphatic hydroxyl groups is 1. The minimum absolute atomic E-state index is 0.397. The first-order chi connectivity index (χ1) is 8.59. The lowest BCUT2D eigenvalue weighted by molar-refractivity contribution is -0.141. The maximum atomic E-state index is 10.7. The second-order valence-corrected chi connectivity index (χ2v) is 4.07. The Morgan fingerprint density at radius 1 is 1.28 bits per heavy atom. The number of rotatable bonds is 3.